The molecule has 1 heterocycles. The predicted molar refractivity (Wildman–Crippen MR) is 96.6 cm³/mol. The summed E-state index contributed by atoms with van der Waals surface area (Å²) in [6, 6.07) is 15.0. The minimum Gasteiger partial charge on any atom is -0.493 e. The number of ether oxygens (including phenoxy) is 1. The van der Waals surface area contributed by atoms with Crippen LogP contribution in [0.3, 0.4) is 0 Å². The molecule has 0 amide bonds. The van der Waals surface area contributed by atoms with Crippen molar-refractivity contribution in [3.05, 3.63) is 64.3 Å². The van der Waals surface area contributed by atoms with Gasteiger partial charge in [-0.15, -0.1) is 0 Å². The van der Waals surface area contributed by atoms with Crippen LogP contribution in [-0.4, -0.2) is 11.9 Å². The molecule has 0 saturated heterocycles. The van der Waals surface area contributed by atoms with Gasteiger partial charge in [-0.05, 0) is 25.5 Å². The first-order chi connectivity index (χ1) is 11.2. The van der Waals surface area contributed by atoms with Crippen LogP contribution in [0.25, 0.3) is 22.3 Å². The van der Waals surface area contributed by atoms with E-state index in [0.29, 0.717) is 34.6 Å². The van der Waals surface area contributed by atoms with Crippen molar-refractivity contribution < 1.29 is 9.15 Å². The second-order valence-corrected chi connectivity index (χ2v) is 6.09. The third-order valence-corrected chi connectivity index (χ3v) is 4.23. The van der Waals surface area contributed by atoms with Gasteiger partial charge < -0.3 is 9.15 Å². The molecule has 0 aliphatic rings. The fourth-order valence-corrected chi connectivity index (χ4v) is 2.69. The van der Waals surface area contributed by atoms with Gasteiger partial charge in [0, 0.05) is 22.5 Å². The number of alkyl halides is 1. The van der Waals surface area contributed by atoms with E-state index in [1.165, 1.54) is 0 Å². The average molecular weight is 373 g/mol. The molecule has 0 fully saturated rings. The van der Waals surface area contributed by atoms with Gasteiger partial charge >= 0.3 is 0 Å². The molecule has 0 spiro atoms. The molecule has 3 rings (SSSR count). The molecule has 0 atom stereocenters. The molecule has 0 N–H and O–H groups in total. The Balaban J connectivity index is 2.09. The van der Waals surface area contributed by atoms with Crippen molar-refractivity contribution in [1.29, 1.82) is 0 Å². The van der Waals surface area contributed by atoms with Crippen molar-refractivity contribution in [2.75, 3.05) is 11.9 Å². The minimum atomic E-state index is -0.00267. The molecular formula is C19H17BrO3. The highest BCUT2D eigenvalue weighted by Gasteiger charge is 2.13. The van der Waals surface area contributed by atoms with E-state index in [9.17, 15) is 4.79 Å². The van der Waals surface area contributed by atoms with E-state index in [4.69, 9.17) is 9.15 Å². The van der Waals surface area contributed by atoms with E-state index in [2.05, 4.69) is 15.9 Å². The summed E-state index contributed by atoms with van der Waals surface area (Å²) >= 11 is 3.38. The molecule has 0 radical (unpaired) electrons. The van der Waals surface area contributed by atoms with Crippen molar-refractivity contribution in [2.24, 2.45) is 0 Å². The van der Waals surface area contributed by atoms with E-state index in [1.807, 2.05) is 36.4 Å². The number of fused-ring (bicyclic) bond motifs is 1. The van der Waals surface area contributed by atoms with E-state index in [-0.39, 0.29) is 5.43 Å². The molecule has 23 heavy (non-hydrogen) atoms. The SMILES string of the molecule is Cc1c(-c2ccccc2)oc2cc(OCCCBr)ccc2c1=O. The maximum Gasteiger partial charge on any atom is 0.196 e. The van der Waals surface area contributed by atoms with Gasteiger partial charge in [-0.25, -0.2) is 0 Å². The third kappa shape index (κ3) is 3.32. The van der Waals surface area contributed by atoms with Gasteiger partial charge in [0.2, 0.25) is 0 Å². The van der Waals surface area contributed by atoms with Gasteiger partial charge in [0.05, 0.1) is 12.0 Å². The third-order valence-electron chi connectivity index (χ3n) is 3.67. The summed E-state index contributed by atoms with van der Waals surface area (Å²) in [5.41, 5.74) is 2.07. The monoisotopic (exact) mass is 372 g/mol. The van der Waals surface area contributed by atoms with Gasteiger partial charge in [-0.1, -0.05) is 46.3 Å². The van der Waals surface area contributed by atoms with Gasteiger partial charge in [-0.3, -0.25) is 4.79 Å². The molecule has 1 aromatic heterocycles. The van der Waals surface area contributed by atoms with E-state index in [0.717, 1.165) is 17.3 Å². The van der Waals surface area contributed by atoms with Crippen LogP contribution in [0.15, 0.2) is 57.7 Å². The van der Waals surface area contributed by atoms with Crippen LogP contribution >= 0.6 is 15.9 Å². The second kappa shape index (κ2) is 7.01. The maximum absolute atomic E-state index is 12.6. The van der Waals surface area contributed by atoms with Gasteiger partial charge in [0.25, 0.3) is 0 Å². The lowest BCUT2D eigenvalue weighted by molar-refractivity contribution is 0.319. The van der Waals surface area contributed by atoms with E-state index in [1.54, 1.807) is 19.1 Å². The number of halogens is 1. The Morgan fingerprint density at radius 3 is 2.65 bits per heavy atom. The van der Waals surface area contributed by atoms with E-state index >= 15 is 0 Å². The molecule has 0 bridgehead atoms. The van der Waals surface area contributed by atoms with Crippen LogP contribution < -0.4 is 10.2 Å². The molecule has 0 unspecified atom stereocenters. The Kier molecular flexibility index (Phi) is 4.82. The Morgan fingerprint density at radius 1 is 1.13 bits per heavy atom. The number of hydrogen-bond donors (Lipinski definition) is 0. The number of rotatable bonds is 5. The normalized spacial score (nSPS) is 10.9. The quantitative estimate of drug-likeness (QED) is 0.470. The lowest BCUT2D eigenvalue weighted by Crippen LogP contribution is -2.07. The highest BCUT2D eigenvalue weighted by molar-refractivity contribution is 9.09. The minimum absolute atomic E-state index is 0.00267. The van der Waals surface area contributed by atoms with Crippen molar-refractivity contribution in [3.8, 4) is 17.1 Å². The first-order valence-electron chi connectivity index (χ1n) is 7.52. The number of hydrogen-bond acceptors (Lipinski definition) is 3. The predicted octanol–water partition coefficient (Wildman–Crippen LogP) is 4.93. The Bertz CT molecular complexity index is 869. The zero-order valence-electron chi connectivity index (χ0n) is 12.8. The molecule has 0 aliphatic carbocycles. The molecule has 0 aliphatic heterocycles. The zero-order chi connectivity index (χ0) is 16.2. The zero-order valence-corrected chi connectivity index (χ0v) is 14.4. The van der Waals surface area contributed by atoms with Crippen LogP contribution in [-0.2, 0) is 0 Å². The molecule has 118 valence electrons. The first-order valence-corrected chi connectivity index (χ1v) is 8.64. The molecule has 4 heteroatoms. The molecule has 3 aromatic rings. The fraction of sp³-hybridized carbons (Fsp3) is 0.211. The topological polar surface area (TPSA) is 39.4 Å². The summed E-state index contributed by atoms with van der Waals surface area (Å²) in [4.78, 5) is 12.6. The van der Waals surface area contributed by atoms with E-state index < -0.39 is 0 Å². The Hall–Kier alpha value is -2.07. The summed E-state index contributed by atoms with van der Waals surface area (Å²) in [5, 5.41) is 1.47. The number of benzene rings is 2. The van der Waals surface area contributed by atoms with Gasteiger partial charge in [0.1, 0.15) is 17.1 Å². The van der Waals surface area contributed by atoms with Crippen molar-refractivity contribution in [2.45, 2.75) is 13.3 Å². The lowest BCUT2D eigenvalue weighted by Gasteiger charge is -2.09. The van der Waals surface area contributed by atoms with Crippen LogP contribution in [0.4, 0.5) is 0 Å². The van der Waals surface area contributed by atoms with Crippen LogP contribution in [0, 0.1) is 6.92 Å². The molecule has 2 aromatic carbocycles. The maximum atomic E-state index is 12.6. The van der Waals surface area contributed by atoms with Crippen molar-refractivity contribution in [1.82, 2.24) is 0 Å². The highest BCUT2D eigenvalue weighted by atomic mass is 79.9. The summed E-state index contributed by atoms with van der Waals surface area (Å²) in [7, 11) is 0. The van der Waals surface area contributed by atoms with Gasteiger partial charge in [-0.2, -0.15) is 0 Å². The largest absolute Gasteiger partial charge is 0.493 e. The van der Waals surface area contributed by atoms with Gasteiger partial charge in [0.15, 0.2) is 5.43 Å². The summed E-state index contributed by atoms with van der Waals surface area (Å²) < 4.78 is 11.7. The molecule has 0 saturated carbocycles. The van der Waals surface area contributed by atoms with Crippen molar-refractivity contribution >= 4 is 26.9 Å². The van der Waals surface area contributed by atoms with Crippen LogP contribution in [0.2, 0.25) is 0 Å². The summed E-state index contributed by atoms with van der Waals surface area (Å²) in [6.07, 6.45) is 0.922. The lowest BCUT2D eigenvalue weighted by atomic mass is 10.1. The molecular weight excluding hydrogens is 356 g/mol. The first kappa shape index (κ1) is 15.8. The second-order valence-electron chi connectivity index (χ2n) is 5.30. The average Bonchev–Trinajstić information content (AvgIpc) is 2.59. The fourth-order valence-electron chi connectivity index (χ4n) is 2.47. The molecule has 3 nitrogen and oxygen atoms in total. The summed E-state index contributed by atoms with van der Waals surface area (Å²) in [6.45, 7) is 2.42. The summed E-state index contributed by atoms with van der Waals surface area (Å²) in [5.74, 6) is 1.32. The standard InChI is InChI=1S/C19H17BrO3/c1-13-18(21)16-9-8-15(22-11-5-10-20)12-17(16)23-19(13)14-6-3-2-4-7-14/h2-4,6-9,12H,5,10-11H2,1H3. The van der Waals surface area contributed by atoms with Crippen LogP contribution in [0.1, 0.15) is 12.0 Å². The van der Waals surface area contributed by atoms with Crippen molar-refractivity contribution in [3.63, 3.8) is 0 Å². The van der Waals surface area contributed by atoms with Crippen LogP contribution in [0.5, 0.6) is 5.75 Å². The Morgan fingerprint density at radius 2 is 1.91 bits per heavy atom. The Labute approximate surface area is 143 Å². The highest BCUT2D eigenvalue weighted by Crippen LogP contribution is 2.27. The smallest absolute Gasteiger partial charge is 0.196 e.